The molecule has 2 aliphatic rings. The lowest BCUT2D eigenvalue weighted by Crippen LogP contribution is -2.45. The van der Waals surface area contributed by atoms with Crippen LogP contribution in [-0.2, 0) is 0 Å². The zero-order valence-corrected chi connectivity index (χ0v) is 12.9. The highest BCUT2D eigenvalue weighted by Gasteiger charge is 2.36. The Kier molecular flexibility index (Phi) is 6.40. The van der Waals surface area contributed by atoms with Crippen LogP contribution < -0.4 is 5.32 Å². The molecule has 3 rings (SSSR count). The van der Waals surface area contributed by atoms with Gasteiger partial charge >= 0.3 is 0 Å². The van der Waals surface area contributed by atoms with E-state index in [2.05, 4.69) is 10.2 Å². The first-order valence-corrected chi connectivity index (χ1v) is 6.72. The van der Waals surface area contributed by atoms with Crippen molar-refractivity contribution < 1.29 is 10.2 Å². The van der Waals surface area contributed by atoms with E-state index >= 15 is 0 Å². The van der Waals surface area contributed by atoms with Gasteiger partial charge < -0.3 is 15.5 Å². The molecule has 114 valence electrons. The molecular formula is C14H22Cl2N2O2. The van der Waals surface area contributed by atoms with Crippen molar-refractivity contribution in [2.45, 2.75) is 18.9 Å². The highest BCUT2D eigenvalue weighted by Crippen LogP contribution is 2.45. The Morgan fingerprint density at radius 3 is 2.25 bits per heavy atom. The van der Waals surface area contributed by atoms with Crippen LogP contribution in [0.2, 0.25) is 0 Å². The van der Waals surface area contributed by atoms with Crippen LogP contribution in [0.4, 0.5) is 0 Å². The summed E-state index contributed by atoms with van der Waals surface area (Å²) in [6.45, 7) is 4.19. The Bertz CT molecular complexity index is 435. The summed E-state index contributed by atoms with van der Waals surface area (Å²) in [4.78, 5) is 2.50. The number of nitrogens with zero attached hydrogens (tertiary/aromatic N) is 1. The van der Waals surface area contributed by atoms with Gasteiger partial charge in [-0.1, -0.05) is 6.07 Å². The molecule has 1 saturated carbocycles. The van der Waals surface area contributed by atoms with Crippen molar-refractivity contribution in [1.29, 1.82) is 0 Å². The summed E-state index contributed by atoms with van der Waals surface area (Å²) >= 11 is 0. The number of hydrogen-bond acceptors (Lipinski definition) is 4. The van der Waals surface area contributed by atoms with Gasteiger partial charge in [0.2, 0.25) is 0 Å². The molecule has 0 amide bonds. The monoisotopic (exact) mass is 320 g/mol. The van der Waals surface area contributed by atoms with Crippen molar-refractivity contribution in [1.82, 2.24) is 10.2 Å². The van der Waals surface area contributed by atoms with Crippen LogP contribution >= 0.6 is 24.8 Å². The normalized spacial score (nSPS) is 20.6. The van der Waals surface area contributed by atoms with Gasteiger partial charge in [-0.2, -0.15) is 0 Å². The van der Waals surface area contributed by atoms with Gasteiger partial charge in [0.25, 0.3) is 0 Å². The van der Waals surface area contributed by atoms with Gasteiger partial charge in [-0.05, 0) is 36.5 Å². The number of halogens is 2. The van der Waals surface area contributed by atoms with Gasteiger partial charge in [0.15, 0.2) is 11.5 Å². The molecule has 0 spiro atoms. The summed E-state index contributed by atoms with van der Waals surface area (Å²) in [6, 6.07) is 5.67. The number of aromatic hydroxyl groups is 2. The van der Waals surface area contributed by atoms with Crippen molar-refractivity contribution >= 4 is 24.8 Å². The number of hydrogen-bond donors (Lipinski definition) is 3. The van der Waals surface area contributed by atoms with E-state index in [-0.39, 0.29) is 36.3 Å². The van der Waals surface area contributed by atoms with Gasteiger partial charge in [0.1, 0.15) is 0 Å². The van der Waals surface area contributed by atoms with Gasteiger partial charge in [0.05, 0.1) is 0 Å². The molecule has 6 heteroatoms. The smallest absolute Gasteiger partial charge is 0.157 e. The summed E-state index contributed by atoms with van der Waals surface area (Å²) in [5.74, 6) is 0.675. The van der Waals surface area contributed by atoms with E-state index in [1.165, 1.54) is 12.8 Å². The number of phenols is 2. The van der Waals surface area contributed by atoms with E-state index in [9.17, 15) is 10.2 Å². The Balaban J connectivity index is 0.000001000. The van der Waals surface area contributed by atoms with Crippen LogP contribution in [0.3, 0.4) is 0 Å². The second kappa shape index (κ2) is 7.36. The third kappa shape index (κ3) is 3.70. The van der Waals surface area contributed by atoms with E-state index in [4.69, 9.17) is 0 Å². The van der Waals surface area contributed by atoms with E-state index in [0.29, 0.717) is 12.0 Å². The summed E-state index contributed by atoms with van der Waals surface area (Å²) in [7, 11) is 0. The first-order chi connectivity index (χ1) is 8.75. The van der Waals surface area contributed by atoms with Gasteiger partial charge in [-0.25, -0.2) is 0 Å². The molecule has 1 aliphatic carbocycles. The van der Waals surface area contributed by atoms with Crippen LogP contribution in [-0.4, -0.2) is 41.3 Å². The molecular weight excluding hydrogens is 299 g/mol. The summed E-state index contributed by atoms with van der Waals surface area (Å²) in [5.41, 5.74) is 1.13. The van der Waals surface area contributed by atoms with E-state index in [0.717, 1.165) is 31.7 Å². The van der Waals surface area contributed by atoms with Crippen molar-refractivity contribution in [3.8, 4) is 11.5 Å². The molecule has 1 heterocycles. The molecule has 2 fully saturated rings. The van der Waals surface area contributed by atoms with Crippen LogP contribution in [0, 0.1) is 5.92 Å². The van der Waals surface area contributed by atoms with Gasteiger partial charge in [0, 0.05) is 32.2 Å². The maximum Gasteiger partial charge on any atom is 0.157 e. The van der Waals surface area contributed by atoms with Crippen molar-refractivity contribution in [2.75, 3.05) is 26.2 Å². The second-order valence-electron chi connectivity index (χ2n) is 5.32. The number of phenolic OH excluding ortho intramolecular Hbond substituents is 2. The van der Waals surface area contributed by atoms with E-state index < -0.39 is 0 Å². The minimum Gasteiger partial charge on any atom is -0.504 e. The lowest BCUT2D eigenvalue weighted by atomic mass is 9.99. The Morgan fingerprint density at radius 1 is 1.05 bits per heavy atom. The molecule has 1 aliphatic heterocycles. The van der Waals surface area contributed by atoms with Crippen LogP contribution in [0.15, 0.2) is 18.2 Å². The van der Waals surface area contributed by atoms with Crippen molar-refractivity contribution in [3.63, 3.8) is 0 Å². The summed E-state index contributed by atoms with van der Waals surface area (Å²) in [5, 5.41) is 22.5. The zero-order valence-electron chi connectivity index (χ0n) is 11.3. The Labute approximate surface area is 132 Å². The SMILES string of the molecule is Cl.Cl.Oc1ccc([C@@H](C2CC2)N2CCNCC2)cc1O. The quantitative estimate of drug-likeness (QED) is 0.748. The maximum absolute atomic E-state index is 9.67. The zero-order chi connectivity index (χ0) is 12.5. The molecule has 1 atom stereocenters. The number of benzene rings is 1. The lowest BCUT2D eigenvalue weighted by Gasteiger charge is -2.35. The summed E-state index contributed by atoms with van der Waals surface area (Å²) in [6.07, 6.45) is 2.55. The Morgan fingerprint density at radius 2 is 1.70 bits per heavy atom. The topological polar surface area (TPSA) is 55.7 Å². The average molecular weight is 321 g/mol. The fraction of sp³-hybridized carbons (Fsp3) is 0.571. The maximum atomic E-state index is 9.67. The number of piperazine rings is 1. The standard InChI is InChI=1S/C14H20N2O2.2ClH/c17-12-4-3-11(9-13(12)18)14(10-1-2-10)16-7-5-15-6-8-16;;/h3-4,9-10,14-15,17-18H,1-2,5-8H2;2*1H/t14-;;/m1../s1. The molecule has 20 heavy (non-hydrogen) atoms. The van der Waals surface area contributed by atoms with Gasteiger partial charge in [-0.3, -0.25) is 4.90 Å². The minimum absolute atomic E-state index is 0. The number of nitrogens with one attached hydrogen (secondary N) is 1. The van der Waals surface area contributed by atoms with E-state index in [1.807, 2.05) is 6.07 Å². The largest absolute Gasteiger partial charge is 0.504 e. The molecule has 0 unspecified atom stereocenters. The molecule has 0 bridgehead atoms. The van der Waals surface area contributed by atoms with Crippen molar-refractivity contribution in [3.05, 3.63) is 23.8 Å². The first kappa shape index (κ1) is 17.4. The minimum atomic E-state index is -0.0337. The molecule has 1 aromatic rings. The molecule has 4 nitrogen and oxygen atoms in total. The predicted octanol–water partition coefficient (Wildman–Crippen LogP) is 2.30. The molecule has 0 aromatic heterocycles. The number of rotatable bonds is 3. The third-order valence-electron chi connectivity index (χ3n) is 3.95. The average Bonchev–Trinajstić information content (AvgIpc) is 3.20. The van der Waals surface area contributed by atoms with Gasteiger partial charge in [-0.15, -0.1) is 24.8 Å². The van der Waals surface area contributed by atoms with Crippen LogP contribution in [0.5, 0.6) is 11.5 Å². The molecule has 1 saturated heterocycles. The lowest BCUT2D eigenvalue weighted by molar-refractivity contribution is 0.156. The molecule has 3 N–H and O–H groups in total. The molecule has 1 aromatic carbocycles. The fourth-order valence-electron chi connectivity index (χ4n) is 2.88. The highest BCUT2D eigenvalue weighted by molar-refractivity contribution is 5.85. The van der Waals surface area contributed by atoms with E-state index in [1.54, 1.807) is 12.1 Å². The first-order valence-electron chi connectivity index (χ1n) is 6.72. The fourth-order valence-corrected chi connectivity index (χ4v) is 2.88. The highest BCUT2D eigenvalue weighted by atomic mass is 35.5. The summed E-state index contributed by atoms with van der Waals surface area (Å²) < 4.78 is 0. The molecule has 0 radical (unpaired) electrons. The Hall–Kier alpha value is -0.680. The predicted molar refractivity (Wildman–Crippen MR) is 84.2 cm³/mol. The third-order valence-corrected chi connectivity index (χ3v) is 3.95. The van der Waals surface area contributed by atoms with Crippen molar-refractivity contribution in [2.24, 2.45) is 5.92 Å². The van der Waals surface area contributed by atoms with Crippen LogP contribution in [0.25, 0.3) is 0 Å². The second-order valence-corrected chi connectivity index (χ2v) is 5.32. The van der Waals surface area contributed by atoms with Crippen LogP contribution in [0.1, 0.15) is 24.4 Å².